The van der Waals surface area contributed by atoms with Crippen molar-refractivity contribution in [3.63, 3.8) is 0 Å². The van der Waals surface area contributed by atoms with Crippen molar-refractivity contribution in [1.82, 2.24) is 4.90 Å². The molecule has 0 atom stereocenters. The summed E-state index contributed by atoms with van der Waals surface area (Å²) in [6.45, 7) is 0.789. The number of nitrogens with zero attached hydrogens (tertiary/aromatic N) is 1. The Morgan fingerprint density at radius 2 is 1.64 bits per heavy atom. The fraction of sp³-hybridized carbons (Fsp3) is 0.278. The zero-order chi connectivity index (χ0) is 15.8. The molecule has 4 heteroatoms. The molecule has 0 bridgehead atoms. The van der Waals surface area contributed by atoms with Gasteiger partial charge < -0.3 is 15.1 Å². The average molecular weight is 299 g/mol. The number of hydrogen-bond donors (Lipinski definition) is 2. The van der Waals surface area contributed by atoms with E-state index in [1.54, 1.807) is 29.2 Å². The van der Waals surface area contributed by atoms with Crippen LogP contribution in [0.25, 0.3) is 0 Å². The van der Waals surface area contributed by atoms with Gasteiger partial charge in [0.05, 0.1) is 13.0 Å². The summed E-state index contributed by atoms with van der Waals surface area (Å²) in [6, 6.07) is 16.8. The van der Waals surface area contributed by atoms with Gasteiger partial charge in [-0.25, -0.2) is 0 Å². The molecular weight excluding hydrogens is 278 g/mol. The highest BCUT2D eigenvalue weighted by molar-refractivity contribution is 5.79. The second kappa shape index (κ2) is 8.20. The third kappa shape index (κ3) is 4.60. The molecule has 0 aliphatic carbocycles. The van der Waals surface area contributed by atoms with E-state index in [1.165, 1.54) is 0 Å². The zero-order valence-electron chi connectivity index (χ0n) is 12.5. The molecule has 0 heterocycles. The number of rotatable bonds is 7. The number of carbonyl (C=O) groups excluding carboxylic acids is 1. The molecular formula is C18H21NO3. The molecule has 0 saturated heterocycles. The van der Waals surface area contributed by atoms with Crippen molar-refractivity contribution in [1.29, 1.82) is 0 Å². The molecule has 0 spiro atoms. The molecule has 2 N–H and O–H groups in total. The minimum Gasteiger partial charge on any atom is -0.508 e. The van der Waals surface area contributed by atoms with Gasteiger partial charge in [0.25, 0.3) is 0 Å². The Bertz CT molecular complexity index is 598. The van der Waals surface area contributed by atoms with Crippen LogP contribution in [0, 0.1) is 0 Å². The number of hydrogen-bond acceptors (Lipinski definition) is 3. The van der Waals surface area contributed by atoms with Gasteiger partial charge in [-0.1, -0.05) is 48.5 Å². The first-order valence-electron chi connectivity index (χ1n) is 7.40. The second-order valence-corrected chi connectivity index (χ2v) is 5.15. The van der Waals surface area contributed by atoms with Gasteiger partial charge in [-0.05, 0) is 18.1 Å². The molecule has 1 amide bonds. The molecule has 2 rings (SSSR count). The summed E-state index contributed by atoms with van der Waals surface area (Å²) in [7, 11) is 0. The van der Waals surface area contributed by atoms with E-state index in [0.29, 0.717) is 18.7 Å². The van der Waals surface area contributed by atoms with E-state index >= 15 is 0 Å². The van der Waals surface area contributed by atoms with E-state index in [4.69, 9.17) is 5.11 Å². The topological polar surface area (TPSA) is 60.8 Å². The van der Waals surface area contributed by atoms with Gasteiger partial charge >= 0.3 is 0 Å². The third-order valence-electron chi connectivity index (χ3n) is 3.57. The monoisotopic (exact) mass is 299 g/mol. The summed E-state index contributed by atoms with van der Waals surface area (Å²) in [6.07, 6.45) is 0.884. The van der Waals surface area contributed by atoms with Gasteiger partial charge in [-0.2, -0.15) is 0 Å². The van der Waals surface area contributed by atoms with Crippen LogP contribution >= 0.6 is 0 Å². The SMILES string of the molecule is O=C(Cc1ccccc1O)N(CCO)CCc1ccccc1. The number of para-hydroxylation sites is 1. The van der Waals surface area contributed by atoms with Crippen LogP contribution in [0.2, 0.25) is 0 Å². The lowest BCUT2D eigenvalue weighted by Crippen LogP contribution is -2.36. The first kappa shape index (κ1) is 16.0. The predicted octanol–water partition coefficient (Wildman–Crippen LogP) is 2.00. The lowest BCUT2D eigenvalue weighted by atomic mass is 10.1. The van der Waals surface area contributed by atoms with Crippen molar-refractivity contribution in [2.24, 2.45) is 0 Å². The summed E-state index contributed by atoms with van der Waals surface area (Å²) in [5, 5.41) is 18.9. The Kier molecular flexibility index (Phi) is 5.98. The maximum Gasteiger partial charge on any atom is 0.227 e. The Balaban J connectivity index is 1.97. The van der Waals surface area contributed by atoms with Gasteiger partial charge in [0.15, 0.2) is 0 Å². The molecule has 116 valence electrons. The minimum atomic E-state index is -0.0912. The molecule has 2 aromatic rings. The molecule has 0 unspecified atom stereocenters. The fourth-order valence-electron chi connectivity index (χ4n) is 2.33. The zero-order valence-corrected chi connectivity index (χ0v) is 12.5. The highest BCUT2D eigenvalue weighted by Crippen LogP contribution is 2.17. The van der Waals surface area contributed by atoms with Crippen molar-refractivity contribution in [3.05, 3.63) is 65.7 Å². The van der Waals surface area contributed by atoms with Crippen LogP contribution in [-0.2, 0) is 17.6 Å². The van der Waals surface area contributed by atoms with Crippen molar-refractivity contribution < 1.29 is 15.0 Å². The summed E-state index contributed by atoms with van der Waals surface area (Å²) in [4.78, 5) is 14.0. The molecule has 4 nitrogen and oxygen atoms in total. The standard InChI is InChI=1S/C18H21NO3/c20-13-12-19(11-10-15-6-2-1-3-7-15)18(22)14-16-8-4-5-9-17(16)21/h1-9,20-21H,10-14H2. The average Bonchev–Trinajstić information content (AvgIpc) is 2.54. The normalized spacial score (nSPS) is 10.4. The van der Waals surface area contributed by atoms with Crippen molar-refractivity contribution in [3.8, 4) is 5.75 Å². The maximum absolute atomic E-state index is 12.4. The molecule has 0 fully saturated rings. The Labute approximate surface area is 130 Å². The number of benzene rings is 2. The quantitative estimate of drug-likeness (QED) is 0.822. The number of aliphatic hydroxyl groups excluding tert-OH is 1. The van der Waals surface area contributed by atoms with Crippen molar-refractivity contribution >= 4 is 5.91 Å². The van der Waals surface area contributed by atoms with Crippen molar-refractivity contribution in [2.75, 3.05) is 19.7 Å². The van der Waals surface area contributed by atoms with Crippen LogP contribution < -0.4 is 0 Å². The van der Waals surface area contributed by atoms with Crippen LogP contribution in [0.4, 0.5) is 0 Å². The molecule has 0 aliphatic rings. The van der Waals surface area contributed by atoms with Crippen LogP contribution in [0.1, 0.15) is 11.1 Å². The Morgan fingerprint density at radius 3 is 2.32 bits per heavy atom. The van der Waals surface area contributed by atoms with E-state index in [0.717, 1.165) is 12.0 Å². The highest BCUT2D eigenvalue weighted by atomic mass is 16.3. The molecule has 2 aromatic carbocycles. The second-order valence-electron chi connectivity index (χ2n) is 5.15. The largest absolute Gasteiger partial charge is 0.508 e. The van der Waals surface area contributed by atoms with Crippen LogP contribution in [0.3, 0.4) is 0 Å². The fourth-order valence-corrected chi connectivity index (χ4v) is 2.33. The maximum atomic E-state index is 12.4. The molecule has 0 radical (unpaired) electrons. The summed E-state index contributed by atoms with van der Waals surface area (Å²) in [5.41, 5.74) is 1.76. The Hall–Kier alpha value is -2.33. The minimum absolute atomic E-state index is 0.0682. The molecule has 0 aromatic heterocycles. The smallest absolute Gasteiger partial charge is 0.227 e. The first-order valence-corrected chi connectivity index (χ1v) is 7.40. The van der Waals surface area contributed by atoms with E-state index in [1.807, 2.05) is 30.3 Å². The summed E-state index contributed by atoms with van der Waals surface area (Å²) >= 11 is 0. The number of amides is 1. The lowest BCUT2D eigenvalue weighted by molar-refractivity contribution is -0.131. The van der Waals surface area contributed by atoms with Gasteiger partial charge in [0.1, 0.15) is 5.75 Å². The van der Waals surface area contributed by atoms with Gasteiger partial charge in [0.2, 0.25) is 5.91 Å². The van der Waals surface area contributed by atoms with Gasteiger partial charge in [0, 0.05) is 18.7 Å². The molecule has 0 saturated carbocycles. The van der Waals surface area contributed by atoms with Gasteiger partial charge in [-0.15, -0.1) is 0 Å². The number of aliphatic hydroxyl groups is 1. The van der Waals surface area contributed by atoms with Crippen LogP contribution in [0.15, 0.2) is 54.6 Å². The summed E-state index contributed by atoms with van der Waals surface area (Å²) < 4.78 is 0. The molecule has 22 heavy (non-hydrogen) atoms. The van der Waals surface area contributed by atoms with Crippen molar-refractivity contribution in [2.45, 2.75) is 12.8 Å². The number of phenolic OH excluding ortho intramolecular Hbond substituents is 1. The van der Waals surface area contributed by atoms with E-state index in [9.17, 15) is 9.90 Å². The van der Waals surface area contributed by atoms with Gasteiger partial charge in [-0.3, -0.25) is 4.79 Å². The predicted molar refractivity (Wildman–Crippen MR) is 85.6 cm³/mol. The van der Waals surface area contributed by atoms with E-state index in [2.05, 4.69) is 0 Å². The third-order valence-corrected chi connectivity index (χ3v) is 3.57. The summed E-state index contributed by atoms with van der Waals surface area (Å²) in [5.74, 6) is 0.0364. The van der Waals surface area contributed by atoms with Crippen LogP contribution in [-0.4, -0.2) is 40.7 Å². The van der Waals surface area contributed by atoms with Crippen LogP contribution in [0.5, 0.6) is 5.75 Å². The number of phenols is 1. The van der Waals surface area contributed by atoms with E-state index in [-0.39, 0.29) is 24.7 Å². The first-order chi connectivity index (χ1) is 10.7. The molecule has 0 aliphatic heterocycles. The van der Waals surface area contributed by atoms with E-state index < -0.39 is 0 Å². The highest BCUT2D eigenvalue weighted by Gasteiger charge is 2.15. The number of aromatic hydroxyl groups is 1. The lowest BCUT2D eigenvalue weighted by Gasteiger charge is -2.22. The Morgan fingerprint density at radius 1 is 0.955 bits per heavy atom. The number of carbonyl (C=O) groups is 1.